The van der Waals surface area contributed by atoms with Crippen LogP contribution < -0.4 is 10.5 Å². The molecule has 19 heavy (non-hydrogen) atoms. The smallest absolute Gasteiger partial charge is 0.241 e. The Balaban J connectivity index is 2.71. The van der Waals surface area contributed by atoms with Gasteiger partial charge in [0.05, 0.1) is 4.90 Å². The second-order valence-electron chi connectivity index (χ2n) is 5.14. The lowest BCUT2D eigenvalue weighted by atomic mass is 9.90. The highest BCUT2D eigenvalue weighted by Gasteiger charge is 2.24. The maximum Gasteiger partial charge on any atom is 0.241 e. The van der Waals surface area contributed by atoms with Crippen LogP contribution in [0, 0.1) is 5.41 Å². The fraction of sp³-hybridized carbons (Fsp3) is 0.667. The maximum atomic E-state index is 12.2. The van der Waals surface area contributed by atoms with Gasteiger partial charge >= 0.3 is 0 Å². The average Bonchev–Trinajstić information content (AvgIpc) is 2.83. The van der Waals surface area contributed by atoms with E-state index < -0.39 is 10.0 Å². The summed E-state index contributed by atoms with van der Waals surface area (Å²) >= 11 is 1.36. The molecule has 5 nitrogen and oxygen atoms in total. The monoisotopic (exact) mass is 306 g/mol. The molecule has 0 saturated heterocycles. The predicted octanol–water partition coefficient (Wildman–Crippen LogP) is 1.55. The second-order valence-corrected chi connectivity index (χ2v) is 7.88. The van der Waals surface area contributed by atoms with Crippen molar-refractivity contribution in [3.05, 3.63) is 16.3 Å². The second kappa shape index (κ2) is 6.81. The zero-order valence-electron chi connectivity index (χ0n) is 11.6. The maximum absolute atomic E-state index is 12.2. The molecule has 0 aliphatic heterocycles. The average molecular weight is 306 g/mol. The molecule has 1 heterocycles. The van der Waals surface area contributed by atoms with Crippen LogP contribution in [0.2, 0.25) is 0 Å². The fourth-order valence-electron chi connectivity index (χ4n) is 1.55. The number of nitrogens with two attached hydrogens (primary N) is 1. The lowest BCUT2D eigenvalue weighted by molar-refractivity contribution is 0.153. The van der Waals surface area contributed by atoms with Crippen molar-refractivity contribution in [2.75, 3.05) is 20.3 Å². The molecule has 0 fully saturated rings. The van der Waals surface area contributed by atoms with Crippen LogP contribution in [0.25, 0.3) is 0 Å². The molecule has 0 aromatic carbocycles. The van der Waals surface area contributed by atoms with Gasteiger partial charge in [-0.2, -0.15) is 0 Å². The van der Waals surface area contributed by atoms with Gasteiger partial charge in [-0.15, -0.1) is 11.3 Å². The summed E-state index contributed by atoms with van der Waals surface area (Å²) in [6.45, 7) is 5.23. The van der Waals surface area contributed by atoms with Crippen molar-refractivity contribution in [2.45, 2.75) is 31.7 Å². The van der Waals surface area contributed by atoms with Crippen LogP contribution in [-0.4, -0.2) is 28.7 Å². The number of ether oxygens (including phenoxy) is 1. The molecule has 7 heteroatoms. The van der Waals surface area contributed by atoms with E-state index >= 15 is 0 Å². The third-order valence-electron chi connectivity index (χ3n) is 2.90. The molecule has 3 N–H and O–H groups in total. The molecule has 0 amide bonds. The van der Waals surface area contributed by atoms with Crippen LogP contribution in [0.15, 0.2) is 16.3 Å². The highest BCUT2D eigenvalue weighted by molar-refractivity contribution is 7.89. The predicted molar refractivity (Wildman–Crippen MR) is 77.7 cm³/mol. The van der Waals surface area contributed by atoms with Crippen LogP contribution in [0.1, 0.15) is 25.1 Å². The van der Waals surface area contributed by atoms with Crippen molar-refractivity contribution in [3.8, 4) is 0 Å². The number of thiophene rings is 1. The van der Waals surface area contributed by atoms with Gasteiger partial charge in [-0.25, -0.2) is 13.1 Å². The van der Waals surface area contributed by atoms with Crippen molar-refractivity contribution >= 4 is 21.4 Å². The van der Waals surface area contributed by atoms with Crippen LogP contribution >= 0.6 is 11.3 Å². The molecule has 0 aliphatic carbocycles. The van der Waals surface area contributed by atoms with Gasteiger partial charge in [-0.1, -0.05) is 13.8 Å². The molecule has 1 aromatic rings. The van der Waals surface area contributed by atoms with Gasteiger partial charge in [0.2, 0.25) is 10.0 Å². The summed E-state index contributed by atoms with van der Waals surface area (Å²) in [7, 11) is -1.84. The highest BCUT2D eigenvalue weighted by Crippen LogP contribution is 2.23. The van der Waals surface area contributed by atoms with Gasteiger partial charge < -0.3 is 10.5 Å². The zero-order chi connectivity index (χ0) is 14.5. The summed E-state index contributed by atoms with van der Waals surface area (Å²) in [5.74, 6) is 0. The van der Waals surface area contributed by atoms with Gasteiger partial charge in [-0.05, 0) is 23.3 Å². The van der Waals surface area contributed by atoms with E-state index in [2.05, 4.69) is 4.72 Å². The van der Waals surface area contributed by atoms with Gasteiger partial charge in [-0.3, -0.25) is 0 Å². The first kappa shape index (κ1) is 16.6. The summed E-state index contributed by atoms with van der Waals surface area (Å²) < 4.78 is 32.1. The number of sulfonamides is 1. The normalized spacial score (nSPS) is 12.8. The molecule has 0 radical (unpaired) electrons. The van der Waals surface area contributed by atoms with Crippen LogP contribution in [-0.2, 0) is 21.3 Å². The van der Waals surface area contributed by atoms with Crippen molar-refractivity contribution in [1.82, 2.24) is 4.72 Å². The first-order chi connectivity index (χ1) is 8.82. The minimum atomic E-state index is -3.48. The Bertz CT molecular complexity index is 495. The topological polar surface area (TPSA) is 81.4 Å². The number of rotatable bonds is 8. The Labute approximate surface area is 119 Å². The van der Waals surface area contributed by atoms with Crippen molar-refractivity contribution < 1.29 is 13.2 Å². The van der Waals surface area contributed by atoms with Crippen molar-refractivity contribution in [3.63, 3.8) is 0 Å². The molecule has 1 rings (SSSR count). The quantitative estimate of drug-likeness (QED) is 0.763. The standard InChI is InChI=1S/C12H22N2O3S2/c1-12(2,5-6-17-3)9-14-19(15,16)11-4-7-18-10(11)8-13/h4,7,14H,5-6,8-9,13H2,1-3H3. The van der Waals surface area contributed by atoms with Gasteiger partial charge in [0.1, 0.15) is 0 Å². The van der Waals surface area contributed by atoms with E-state index in [1.165, 1.54) is 11.3 Å². The largest absolute Gasteiger partial charge is 0.385 e. The summed E-state index contributed by atoms with van der Waals surface area (Å²) in [5.41, 5.74) is 5.39. The minimum Gasteiger partial charge on any atom is -0.385 e. The number of hydrogen-bond acceptors (Lipinski definition) is 5. The van der Waals surface area contributed by atoms with E-state index in [1.54, 1.807) is 18.6 Å². The molecule has 0 spiro atoms. The first-order valence-electron chi connectivity index (χ1n) is 6.07. The lowest BCUT2D eigenvalue weighted by Crippen LogP contribution is -2.35. The third kappa shape index (κ3) is 4.85. The van der Waals surface area contributed by atoms with Crippen molar-refractivity contribution in [1.29, 1.82) is 0 Å². The number of methoxy groups -OCH3 is 1. The molecule has 1 aromatic heterocycles. The van der Waals surface area contributed by atoms with Crippen LogP contribution in [0.3, 0.4) is 0 Å². The Morgan fingerprint density at radius 1 is 1.47 bits per heavy atom. The molecule has 0 atom stereocenters. The minimum absolute atomic E-state index is 0.151. The fourth-order valence-corrected chi connectivity index (χ4v) is 4.13. The summed E-state index contributed by atoms with van der Waals surface area (Å²) in [6, 6.07) is 1.59. The van der Waals surface area contributed by atoms with E-state index in [-0.39, 0.29) is 12.0 Å². The molecule has 0 aliphatic rings. The SMILES string of the molecule is COCCC(C)(C)CNS(=O)(=O)c1ccsc1CN. The van der Waals surface area contributed by atoms with Crippen LogP contribution in [0.5, 0.6) is 0 Å². The number of nitrogens with one attached hydrogen (secondary N) is 1. The highest BCUT2D eigenvalue weighted by atomic mass is 32.2. The summed E-state index contributed by atoms with van der Waals surface area (Å²) in [4.78, 5) is 0.977. The zero-order valence-corrected chi connectivity index (χ0v) is 13.2. The Kier molecular flexibility index (Phi) is 5.94. The van der Waals surface area contributed by atoms with Gasteiger partial charge in [0.15, 0.2) is 0 Å². The van der Waals surface area contributed by atoms with Crippen molar-refractivity contribution in [2.24, 2.45) is 11.1 Å². The van der Waals surface area contributed by atoms with Crippen LogP contribution in [0.4, 0.5) is 0 Å². The van der Waals surface area contributed by atoms with E-state index in [9.17, 15) is 8.42 Å². The molecule has 110 valence electrons. The Morgan fingerprint density at radius 3 is 2.74 bits per heavy atom. The van der Waals surface area contributed by atoms with E-state index in [4.69, 9.17) is 10.5 Å². The Morgan fingerprint density at radius 2 is 2.16 bits per heavy atom. The van der Waals surface area contributed by atoms with E-state index in [0.29, 0.717) is 22.9 Å². The molecule has 0 bridgehead atoms. The first-order valence-corrected chi connectivity index (χ1v) is 8.44. The molecular formula is C12H22N2O3S2. The molecule has 0 unspecified atom stereocenters. The summed E-state index contributed by atoms with van der Waals surface area (Å²) in [6.07, 6.45) is 0.791. The lowest BCUT2D eigenvalue weighted by Gasteiger charge is -2.24. The van der Waals surface area contributed by atoms with E-state index in [0.717, 1.165) is 6.42 Å². The van der Waals surface area contributed by atoms with E-state index in [1.807, 2.05) is 13.8 Å². The van der Waals surface area contributed by atoms with Gasteiger partial charge in [0, 0.05) is 31.7 Å². The molecule has 0 saturated carbocycles. The molecular weight excluding hydrogens is 284 g/mol. The summed E-state index contributed by atoms with van der Waals surface area (Å²) in [5, 5.41) is 1.74. The third-order valence-corrected chi connectivity index (χ3v) is 5.46. The number of hydrogen-bond donors (Lipinski definition) is 2. The van der Waals surface area contributed by atoms with Gasteiger partial charge in [0.25, 0.3) is 0 Å². The Hall–Kier alpha value is -0.470.